The van der Waals surface area contributed by atoms with Crippen molar-refractivity contribution in [1.82, 2.24) is 10.2 Å². The van der Waals surface area contributed by atoms with E-state index in [1.54, 1.807) is 6.92 Å². The van der Waals surface area contributed by atoms with Gasteiger partial charge >= 0.3 is 6.03 Å². The fraction of sp³-hybridized carbons (Fsp3) is 0.360. The molecule has 0 aromatic heterocycles. The zero-order chi connectivity index (χ0) is 24.8. The van der Waals surface area contributed by atoms with Gasteiger partial charge in [0.05, 0.1) is 5.69 Å². The smallest absolute Gasteiger partial charge is 0.325 e. The number of amides is 4. The van der Waals surface area contributed by atoms with E-state index in [-0.39, 0.29) is 29.2 Å². The molecule has 9 heteroatoms. The molecule has 2 N–H and O–H groups in total. The Morgan fingerprint density at radius 2 is 1.71 bits per heavy atom. The average molecular weight is 466 g/mol. The van der Waals surface area contributed by atoms with Gasteiger partial charge in [0, 0.05) is 11.6 Å². The van der Waals surface area contributed by atoms with Gasteiger partial charge in [-0.1, -0.05) is 45.0 Å². The van der Waals surface area contributed by atoms with Crippen LogP contribution in [0.1, 0.15) is 56.1 Å². The molecule has 4 amide bonds. The molecule has 1 saturated heterocycles. The van der Waals surface area contributed by atoms with Crippen LogP contribution in [0.3, 0.4) is 0 Å². The number of ketones is 1. The number of anilines is 1. The molecule has 178 valence electrons. The average Bonchev–Trinajstić information content (AvgIpc) is 3.30. The molecule has 0 saturated carbocycles. The van der Waals surface area contributed by atoms with Crippen LogP contribution in [0.4, 0.5) is 10.5 Å². The minimum Gasteiger partial charge on any atom is -0.454 e. The summed E-state index contributed by atoms with van der Waals surface area (Å²) in [6.45, 7) is 8.75. The van der Waals surface area contributed by atoms with Crippen LogP contribution in [0.15, 0.2) is 36.4 Å². The van der Waals surface area contributed by atoms with Crippen molar-refractivity contribution in [2.45, 2.75) is 45.6 Å². The molecule has 0 aliphatic carbocycles. The zero-order valence-corrected chi connectivity index (χ0v) is 19.8. The van der Waals surface area contributed by atoms with Gasteiger partial charge < -0.3 is 20.1 Å². The maximum Gasteiger partial charge on any atom is 0.325 e. The number of nitrogens with one attached hydrogen (secondary N) is 2. The van der Waals surface area contributed by atoms with Crippen LogP contribution in [0, 0.1) is 0 Å². The molecule has 2 aliphatic heterocycles. The lowest BCUT2D eigenvalue weighted by molar-refractivity contribution is -0.133. The number of urea groups is 1. The summed E-state index contributed by atoms with van der Waals surface area (Å²) in [5.74, 6) is -0.646. The molecule has 2 aromatic rings. The number of nitrogens with zero attached hydrogens (tertiary/aromatic N) is 1. The lowest BCUT2D eigenvalue weighted by Gasteiger charge is -2.24. The predicted octanol–water partition coefficient (Wildman–Crippen LogP) is 3.32. The molecule has 0 radical (unpaired) electrons. The highest BCUT2D eigenvalue weighted by Crippen LogP contribution is 2.37. The van der Waals surface area contributed by atoms with Crippen LogP contribution >= 0.6 is 0 Å². The number of Topliss-reactive ketones (excluding diaryl/α,β-unsaturated/α-hetero) is 1. The number of hydrogen-bond acceptors (Lipinski definition) is 6. The Morgan fingerprint density at radius 3 is 2.29 bits per heavy atom. The fourth-order valence-electron chi connectivity index (χ4n) is 4.01. The van der Waals surface area contributed by atoms with E-state index in [1.807, 2.05) is 24.3 Å². The molecule has 2 heterocycles. The Labute approximate surface area is 197 Å². The molecule has 1 unspecified atom stereocenters. The number of benzene rings is 2. The third-order valence-electron chi connectivity index (χ3n) is 6.07. The fourth-order valence-corrected chi connectivity index (χ4v) is 4.01. The van der Waals surface area contributed by atoms with E-state index >= 15 is 0 Å². The summed E-state index contributed by atoms with van der Waals surface area (Å²) in [5.41, 5.74) is 0.818. The Bertz CT molecular complexity index is 1200. The first-order valence-corrected chi connectivity index (χ1v) is 10.9. The molecule has 4 rings (SSSR count). The van der Waals surface area contributed by atoms with Crippen LogP contribution in [0.5, 0.6) is 11.5 Å². The Kier molecular flexibility index (Phi) is 5.59. The first-order valence-electron chi connectivity index (χ1n) is 10.9. The molecule has 2 aliphatic rings. The van der Waals surface area contributed by atoms with Crippen molar-refractivity contribution >= 4 is 29.3 Å². The summed E-state index contributed by atoms with van der Waals surface area (Å²) >= 11 is 0. The Hall–Kier alpha value is -3.88. The Morgan fingerprint density at radius 1 is 1.09 bits per heavy atom. The van der Waals surface area contributed by atoms with Crippen molar-refractivity contribution in [2.24, 2.45) is 0 Å². The third kappa shape index (κ3) is 4.09. The van der Waals surface area contributed by atoms with Crippen LogP contribution in [0.2, 0.25) is 0 Å². The maximum absolute atomic E-state index is 13.2. The zero-order valence-electron chi connectivity index (χ0n) is 19.8. The topological polar surface area (TPSA) is 114 Å². The molecule has 9 nitrogen and oxygen atoms in total. The van der Waals surface area contributed by atoms with Gasteiger partial charge in [-0.15, -0.1) is 0 Å². The summed E-state index contributed by atoms with van der Waals surface area (Å²) in [6.07, 6.45) is 0. The van der Waals surface area contributed by atoms with Gasteiger partial charge in [0.15, 0.2) is 17.3 Å². The number of ether oxygens (including phenoxy) is 2. The van der Waals surface area contributed by atoms with Crippen molar-refractivity contribution in [1.29, 1.82) is 0 Å². The number of carbonyl (C=O) groups is 4. The Balaban J connectivity index is 1.52. The standard InChI is InChI=1S/C25H27N3O6/c1-14(29)17-10-19-20(34-13-33-19)11-18(17)26-21(30)12-28-22(31)25(5,27-23(28)32)16-8-6-15(7-9-16)24(2,3)4/h6-11H,12-13H2,1-5H3,(H,26,30)(H,27,32). The van der Waals surface area contributed by atoms with Crippen molar-refractivity contribution in [3.8, 4) is 11.5 Å². The van der Waals surface area contributed by atoms with Gasteiger partial charge in [0.1, 0.15) is 12.1 Å². The van der Waals surface area contributed by atoms with Gasteiger partial charge in [-0.05, 0) is 36.5 Å². The highest BCUT2D eigenvalue weighted by Gasteiger charge is 2.49. The monoisotopic (exact) mass is 465 g/mol. The van der Waals surface area contributed by atoms with Crippen LogP contribution < -0.4 is 20.1 Å². The highest BCUT2D eigenvalue weighted by molar-refractivity contribution is 6.11. The molecule has 2 aromatic carbocycles. The number of hydrogen-bond donors (Lipinski definition) is 2. The summed E-state index contributed by atoms with van der Waals surface area (Å²) in [6, 6.07) is 9.80. The summed E-state index contributed by atoms with van der Waals surface area (Å²) in [5, 5.41) is 5.32. The number of fused-ring (bicyclic) bond motifs is 1. The van der Waals surface area contributed by atoms with E-state index in [4.69, 9.17) is 9.47 Å². The number of rotatable bonds is 5. The first kappa shape index (κ1) is 23.3. The largest absolute Gasteiger partial charge is 0.454 e. The van der Waals surface area contributed by atoms with E-state index in [1.165, 1.54) is 19.1 Å². The summed E-state index contributed by atoms with van der Waals surface area (Å²) < 4.78 is 10.6. The summed E-state index contributed by atoms with van der Waals surface area (Å²) in [7, 11) is 0. The molecule has 0 spiro atoms. The number of imide groups is 1. The van der Waals surface area contributed by atoms with Crippen molar-refractivity contribution in [3.63, 3.8) is 0 Å². The highest BCUT2D eigenvalue weighted by atomic mass is 16.7. The van der Waals surface area contributed by atoms with E-state index in [9.17, 15) is 19.2 Å². The van der Waals surface area contributed by atoms with Gasteiger partial charge in [-0.3, -0.25) is 19.3 Å². The third-order valence-corrected chi connectivity index (χ3v) is 6.07. The summed E-state index contributed by atoms with van der Waals surface area (Å²) in [4.78, 5) is 51.5. The quantitative estimate of drug-likeness (QED) is 0.517. The molecule has 34 heavy (non-hydrogen) atoms. The van der Waals surface area contributed by atoms with Gasteiger partial charge in [-0.25, -0.2) is 4.79 Å². The van der Waals surface area contributed by atoms with Crippen LogP contribution in [0.25, 0.3) is 0 Å². The molecule has 1 fully saturated rings. The minimum absolute atomic E-state index is 0.0157. The molecule has 0 bridgehead atoms. The van der Waals surface area contributed by atoms with Crippen LogP contribution in [-0.4, -0.2) is 41.9 Å². The second-order valence-electron chi connectivity index (χ2n) is 9.63. The normalized spacial score (nSPS) is 19.3. The molecule has 1 atom stereocenters. The second kappa shape index (κ2) is 8.16. The first-order chi connectivity index (χ1) is 15.9. The molecular weight excluding hydrogens is 438 g/mol. The van der Waals surface area contributed by atoms with Crippen molar-refractivity contribution in [2.75, 3.05) is 18.7 Å². The second-order valence-corrected chi connectivity index (χ2v) is 9.63. The van der Waals surface area contributed by atoms with Crippen LogP contribution in [-0.2, 0) is 20.5 Å². The van der Waals surface area contributed by atoms with Gasteiger partial charge in [0.2, 0.25) is 12.7 Å². The van der Waals surface area contributed by atoms with Gasteiger partial charge in [0.25, 0.3) is 5.91 Å². The van der Waals surface area contributed by atoms with E-state index in [0.29, 0.717) is 17.1 Å². The predicted molar refractivity (Wildman–Crippen MR) is 124 cm³/mol. The minimum atomic E-state index is -1.29. The van der Waals surface area contributed by atoms with E-state index in [0.717, 1.165) is 10.5 Å². The molecular formula is C25H27N3O6. The van der Waals surface area contributed by atoms with E-state index < -0.39 is 29.9 Å². The SMILES string of the molecule is CC(=O)c1cc2c(cc1NC(=O)CN1C(=O)NC(C)(c3ccc(C(C)(C)C)cc3)C1=O)OCO2. The van der Waals surface area contributed by atoms with Gasteiger partial charge in [-0.2, -0.15) is 0 Å². The number of carbonyl (C=O) groups excluding carboxylic acids is 4. The van der Waals surface area contributed by atoms with Crippen molar-refractivity contribution in [3.05, 3.63) is 53.1 Å². The lowest BCUT2D eigenvalue weighted by Crippen LogP contribution is -2.42. The maximum atomic E-state index is 13.2. The lowest BCUT2D eigenvalue weighted by atomic mass is 9.84. The van der Waals surface area contributed by atoms with Crippen molar-refractivity contribution < 1.29 is 28.7 Å². The van der Waals surface area contributed by atoms with E-state index in [2.05, 4.69) is 31.4 Å².